The van der Waals surface area contributed by atoms with Gasteiger partial charge in [-0.3, -0.25) is 0 Å². The average molecular weight is 796 g/mol. The van der Waals surface area contributed by atoms with Crippen LogP contribution in [0.5, 0.6) is 0 Å². The van der Waals surface area contributed by atoms with E-state index in [4.69, 9.17) is 8.83 Å². The fourth-order valence-electron chi connectivity index (χ4n) is 11.1. The van der Waals surface area contributed by atoms with Gasteiger partial charge in [0.1, 0.15) is 22.3 Å². The number of benzene rings is 9. The molecule has 2 aromatic heterocycles. The molecule has 3 nitrogen and oxygen atoms in total. The normalized spacial score (nSPS) is 14.3. The molecular formula is C59H41NO2. The van der Waals surface area contributed by atoms with Crippen LogP contribution in [0.25, 0.3) is 77.3 Å². The zero-order valence-electron chi connectivity index (χ0n) is 34.7. The molecule has 0 aliphatic heterocycles. The van der Waals surface area contributed by atoms with Crippen molar-refractivity contribution in [1.29, 1.82) is 0 Å². The first-order valence-electron chi connectivity index (χ1n) is 21.6. The third-order valence-corrected chi connectivity index (χ3v) is 14.2. The molecule has 9 aromatic carbocycles. The van der Waals surface area contributed by atoms with Gasteiger partial charge in [-0.2, -0.15) is 0 Å². The van der Waals surface area contributed by atoms with E-state index in [0.717, 1.165) is 72.1 Å². The summed E-state index contributed by atoms with van der Waals surface area (Å²) >= 11 is 0. The lowest BCUT2D eigenvalue weighted by Gasteiger charge is -2.28. The largest absolute Gasteiger partial charge is 0.456 e. The molecular weight excluding hydrogens is 755 g/mol. The van der Waals surface area contributed by atoms with Crippen molar-refractivity contribution in [1.82, 2.24) is 0 Å². The van der Waals surface area contributed by atoms with Crippen LogP contribution in [0.2, 0.25) is 0 Å². The first kappa shape index (κ1) is 35.2. The van der Waals surface area contributed by atoms with Crippen LogP contribution in [0, 0.1) is 0 Å². The molecule has 0 saturated carbocycles. The van der Waals surface area contributed by atoms with Gasteiger partial charge in [-0.05, 0) is 99.5 Å². The lowest BCUT2D eigenvalue weighted by molar-refractivity contribution is 0.638. The van der Waals surface area contributed by atoms with E-state index in [1.807, 2.05) is 12.1 Å². The van der Waals surface area contributed by atoms with Crippen LogP contribution in [-0.2, 0) is 10.8 Å². The molecule has 0 radical (unpaired) electrons. The predicted molar refractivity (Wildman–Crippen MR) is 256 cm³/mol. The van der Waals surface area contributed by atoms with Gasteiger partial charge in [-0.25, -0.2) is 0 Å². The van der Waals surface area contributed by atoms with Crippen molar-refractivity contribution in [2.45, 2.75) is 31.6 Å². The second-order valence-electron chi connectivity index (χ2n) is 17.7. The summed E-state index contributed by atoms with van der Waals surface area (Å²) in [5, 5.41) is 4.49. The Hall–Kier alpha value is -7.62. The molecule has 0 amide bonds. The summed E-state index contributed by atoms with van der Waals surface area (Å²) < 4.78 is 13.6. The minimum Gasteiger partial charge on any atom is -0.456 e. The molecule has 62 heavy (non-hydrogen) atoms. The molecule has 2 aliphatic carbocycles. The van der Waals surface area contributed by atoms with E-state index >= 15 is 0 Å². The summed E-state index contributed by atoms with van der Waals surface area (Å²) in [7, 11) is 0. The van der Waals surface area contributed by atoms with Gasteiger partial charge in [0.2, 0.25) is 0 Å². The van der Waals surface area contributed by atoms with Crippen LogP contribution in [0.1, 0.15) is 48.6 Å². The van der Waals surface area contributed by atoms with Gasteiger partial charge in [0.15, 0.2) is 0 Å². The van der Waals surface area contributed by atoms with Gasteiger partial charge in [-0.1, -0.05) is 159 Å². The first-order chi connectivity index (χ1) is 30.4. The average Bonchev–Trinajstić information content (AvgIpc) is 4.03. The third-order valence-electron chi connectivity index (χ3n) is 14.2. The molecule has 0 unspecified atom stereocenters. The summed E-state index contributed by atoms with van der Waals surface area (Å²) in [6, 6.07) is 70.5. The van der Waals surface area contributed by atoms with Crippen molar-refractivity contribution in [3.05, 3.63) is 222 Å². The molecule has 0 spiro atoms. The molecule has 0 bridgehead atoms. The molecule has 294 valence electrons. The number of para-hydroxylation sites is 3. The number of rotatable bonds is 5. The molecule has 2 heterocycles. The Bertz CT molecular complexity index is 3590. The van der Waals surface area contributed by atoms with Gasteiger partial charge < -0.3 is 13.7 Å². The fraction of sp³-hybridized carbons (Fsp3) is 0.0847. The molecule has 13 rings (SSSR count). The van der Waals surface area contributed by atoms with E-state index < -0.39 is 0 Å². The Morgan fingerprint density at radius 1 is 0.339 bits per heavy atom. The van der Waals surface area contributed by atoms with Crippen molar-refractivity contribution in [3.8, 4) is 33.4 Å². The molecule has 0 N–H and O–H groups in total. The monoisotopic (exact) mass is 795 g/mol. The van der Waals surface area contributed by atoms with Crippen LogP contribution in [0.15, 0.2) is 203 Å². The van der Waals surface area contributed by atoms with Crippen LogP contribution < -0.4 is 4.90 Å². The molecule has 3 heteroatoms. The quantitative estimate of drug-likeness (QED) is 0.174. The minimum atomic E-state index is -0.376. The second kappa shape index (κ2) is 12.7. The number of furan rings is 2. The number of hydrogen-bond donors (Lipinski definition) is 0. The lowest BCUT2D eigenvalue weighted by Crippen LogP contribution is -2.22. The van der Waals surface area contributed by atoms with Crippen molar-refractivity contribution in [2.75, 3.05) is 4.90 Å². The Morgan fingerprint density at radius 2 is 0.839 bits per heavy atom. The van der Waals surface area contributed by atoms with Gasteiger partial charge >= 0.3 is 0 Å². The molecule has 2 aliphatic rings. The van der Waals surface area contributed by atoms with E-state index in [0.29, 0.717) is 0 Å². The highest BCUT2D eigenvalue weighted by molar-refractivity contribution is 6.10. The summed E-state index contributed by atoms with van der Waals surface area (Å²) in [6.07, 6.45) is 0. The number of nitrogens with zero attached hydrogens (tertiary/aromatic N) is 1. The van der Waals surface area contributed by atoms with Gasteiger partial charge in [0.05, 0.1) is 0 Å². The van der Waals surface area contributed by atoms with Crippen molar-refractivity contribution in [2.24, 2.45) is 0 Å². The summed E-state index contributed by atoms with van der Waals surface area (Å²) in [6.45, 7) is 7.05. The topological polar surface area (TPSA) is 29.5 Å². The molecule has 11 aromatic rings. The maximum Gasteiger partial charge on any atom is 0.143 e. The van der Waals surface area contributed by atoms with Gasteiger partial charge in [-0.15, -0.1) is 0 Å². The standard InChI is InChI=1S/C59H41NO2/c1-58(2)49-21-8-4-14-41(49)44-32-30-38(34-53(44)58)60(37-28-26-36(27-29-37)40-18-12-19-47-45-17-7-11-25-54(45)61-56(40)47)39-31-33-46-48-20-13-24-52(57(48)62-55(46)35-39)59(3)50-22-9-5-15-42(50)43-16-6-10-23-51(43)59/h4-35H,1-3H3. The van der Waals surface area contributed by atoms with Gasteiger partial charge in [0, 0.05) is 66.6 Å². The highest BCUT2D eigenvalue weighted by atomic mass is 16.3. The zero-order valence-corrected chi connectivity index (χ0v) is 34.7. The van der Waals surface area contributed by atoms with Crippen molar-refractivity contribution < 1.29 is 8.83 Å². The first-order valence-corrected chi connectivity index (χ1v) is 21.6. The maximum absolute atomic E-state index is 7.11. The number of fused-ring (bicyclic) bond motifs is 12. The summed E-state index contributed by atoms with van der Waals surface area (Å²) in [5.74, 6) is 0. The molecule has 0 saturated heterocycles. The number of anilines is 3. The zero-order chi connectivity index (χ0) is 41.3. The van der Waals surface area contributed by atoms with Crippen LogP contribution in [0.4, 0.5) is 17.1 Å². The Balaban J connectivity index is 0.978. The minimum absolute atomic E-state index is 0.143. The van der Waals surface area contributed by atoms with Crippen LogP contribution in [0.3, 0.4) is 0 Å². The Morgan fingerprint density at radius 3 is 1.60 bits per heavy atom. The van der Waals surface area contributed by atoms with E-state index in [1.165, 1.54) is 50.1 Å². The van der Waals surface area contributed by atoms with Crippen molar-refractivity contribution >= 4 is 60.9 Å². The van der Waals surface area contributed by atoms with E-state index in [9.17, 15) is 0 Å². The van der Waals surface area contributed by atoms with E-state index in [1.54, 1.807) is 0 Å². The van der Waals surface area contributed by atoms with E-state index in [2.05, 4.69) is 208 Å². The highest BCUT2D eigenvalue weighted by Crippen LogP contribution is 2.55. The smallest absolute Gasteiger partial charge is 0.143 e. The van der Waals surface area contributed by atoms with Crippen LogP contribution >= 0.6 is 0 Å². The SMILES string of the molecule is CC1(C)c2ccccc2-c2ccc(N(c3ccc(-c4cccc5c4oc4ccccc45)cc3)c3ccc4c(c3)oc3c(C5(C)c6ccccc6-c6ccccc65)cccc34)cc21. The predicted octanol–water partition coefficient (Wildman–Crippen LogP) is 16.3. The van der Waals surface area contributed by atoms with Crippen LogP contribution in [-0.4, -0.2) is 0 Å². The lowest BCUT2D eigenvalue weighted by atomic mass is 9.74. The van der Waals surface area contributed by atoms with E-state index in [-0.39, 0.29) is 10.8 Å². The fourth-order valence-corrected chi connectivity index (χ4v) is 11.1. The highest BCUT2D eigenvalue weighted by Gasteiger charge is 2.42. The Labute approximate surface area is 360 Å². The van der Waals surface area contributed by atoms with Crippen molar-refractivity contribution in [3.63, 3.8) is 0 Å². The molecule has 0 atom stereocenters. The summed E-state index contributed by atoms with van der Waals surface area (Å²) in [5.41, 5.74) is 20.1. The Kier molecular flexibility index (Phi) is 7.20. The second-order valence-corrected chi connectivity index (χ2v) is 17.7. The number of hydrogen-bond acceptors (Lipinski definition) is 3. The maximum atomic E-state index is 7.11. The van der Waals surface area contributed by atoms with Gasteiger partial charge in [0.25, 0.3) is 0 Å². The summed E-state index contributed by atoms with van der Waals surface area (Å²) in [4.78, 5) is 2.38. The molecule has 0 fully saturated rings. The third kappa shape index (κ3) is 4.76.